The van der Waals surface area contributed by atoms with Crippen LogP contribution in [0.3, 0.4) is 0 Å². The number of methoxy groups -OCH3 is 1. The van der Waals surface area contributed by atoms with E-state index in [9.17, 15) is 8.68 Å². The number of aldehydes is 1. The molecule has 0 aliphatic rings. The van der Waals surface area contributed by atoms with Crippen molar-refractivity contribution in [2.24, 2.45) is 0 Å². The topological polar surface area (TPSA) is 44.1 Å². The van der Waals surface area contributed by atoms with Crippen molar-refractivity contribution in [2.75, 3.05) is 7.11 Å². The van der Waals surface area contributed by atoms with Crippen molar-refractivity contribution in [1.29, 1.82) is 0 Å². The highest BCUT2D eigenvalue weighted by Gasteiger charge is 2.14. The lowest BCUT2D eigenvalue weighted by Gasteiger charge is -2.00. The molecule has 1 aromatic carbocycles. The van der Waals surface area contributed by atoms with Crippen LogP contribution in [0.1, 0.15) is 10.5 Å². The quantitative estimate of drug-likeness (QED) is 0.753. The highest BCUT2D eigenvalue weighted by Crippen LogP contribution is 2.30. The lowest BCUT2D eigenvalue weighted by Crippen LogP contribution is -1.86. The van der Waals surface area contributed by atoms with Gasteiger partial charge in [0.2, 0.25) is 0 Å². The van der Waals surface area contributed by atoms with Crippen molar-refractivity contribution < 1.29 is 13.4 Å². The molecule has 0 N–H and O–H groups in total. The second kappa shape index (κ2) is 3.90. The van der Waals surface area contributed by atoms with Crippen molar-refractivity contribution in [2.45, 2.75) is 0 Å². The Kier molecular flexibility index (Phi) is 2.59. The molecule has 0 amide bonds. The summed E-state index contributed by atoms with van der Waals surface area (Å²) >= 11 is -0.0552. The smallest absolute Gasteiger partial charge is 0.188 e. The lowest BCUT2D eigenvalue weighted by atomic mass is 10.2. The van der Waals surface area contributed by atoms with E-state index in [4.69, 9.17) is 4.74 Å². The van der Waals surface area contributed by atoms with Gasteiger partial charge in [-0.05, 0) is 12.1 Å². The van der Waals surface area contributed by atoms with Crippen LogP contribution in [0.4, 0.5) is 3.89 Å². The first kappa shape index (κ1) is 9.97. The maximum Gasteiger partial charge on any atom is 0.188 e. The van der Waals surface area contributed by atoms with Crippen LogP contribution >= 0.6 is 12.3 Å². The van der Waals surface area contributed by atoms with Crippen LogP contribution in [0.2, 0.25) is 0 Å². The number of rotatable bonds is 3. The zero-order valence-corrected chi connectivity index (χ0v) is 8.62. The number of halogens is 1. The summed E-state index contributed by atoms with van der Waals surface area (Å²) in [4.78, 5) is 10.8. The van der Waals surface area contributed by atoms with Crippen LogP contribution in [0, 0.1) is 0 Å². The SMILES string of the molecule is COc1cccc2c1c(C=O)nn2SF. The highest BCUT2D eigenvalue weighted by atomic mass is 32.2. The molecule has 0 saturated heterocycles. The number of hydrogen-bond donors (Lipinski definition) is 0. The van der Waals surface area contributed by atoms with Gasteiger partial charge in [0.05, 0.1) is 18.0 Å². The molecule has 0 fully saturated rings. The van der Waals surface area contributed by atoms with E-state index in [2.05, 4.69) is 5.10 Å². The van der Waals surface area contributed by atoms with Crippen LogP contribution in [-0.2, 0) is 0 Å². The number of fused-ring (bicyclic) bond motifs is 1. The van der Waals surface area contributed by atoms with E-state index in [-0.39, 0.29) is 18.0 Å². The Morgan fingerprint density at radius 2 is 2.40 bits per heavy atom. The molecule has 0 radical (unpaired) electrons. The summed E-state index contributed by atoms with van der Waals surface area (Å²) in [6.07, 6.45) is 0.581. The zero-order chi connectivity index (χ0) is 10.8. The van der Waals surface area contributed by atoms with Crippen molar-refractivity contribution in [3.8, 4) is 5.75 Å². The van der Waals surface area contributed by atoms with Crippen LogP contribution in [0.25, 0.3) is 10.9 Å². The van der Waals surface area contributed by atoms with E-state index >= 15 is 0 Å². The van der Waals surface area contributed by atoms with Gasteiger partial charge in [-0.25, -0.2) is 0 Å². The number of aromatic nitrogens is 2. The fraction of sp³-hybridized carbons (Fsp3) is 0.111. The van der Waals surface area contributed by atoms with E-state index in [1.165, 1.54) is 7.11 Å². The molecule has 2 aromatic rings. The predicted octanol–water partition coefficient (Wildman–Crippen LogP) is 2.24. The summed E-state index contributed by atoms with van der Waals surface area (Å²) in [5.41, 5.74) is 0.691. The second-order valence-electron chi connectivity index (χ2n) is 2.80. The van der Waals surface area contributed by atoms with Gasteiger partial charge in [0.25, 0.3) is 0 Å². The van der Waals surface area contributed by atoms with Gasteiger partial charge in [-0.15, -0.1) is 3.89 Å². The minimum absolute atomic E-state index is 0.0552. The average Bonchev–Trinajstić information content (AvgIpc) is 2.66. The number of benzene rings is 1. The molecule has 0 unspecified atom stereocenters. The zero-order valence-electron chi connectivity index (χ0n) is 7.81. The maximum atomic E-state index is 12.5. The van der Waals surface area contributed by atoms with Crippen molar-refractivity contribution >= 4 is 29.5 Å². The standard InChI is InChI=1S/C9H7FN2O2S/c1-14-8-4-2-3-7-9(8)6(5-13)11-12(7)15-10/h2-5H,1H3. The largest absolute Gasteiger partial charge is 0.496 e. The molecule has 6 heteroatoms. The summed E-state index contributed by atoms with van der Waals surface area (Å²) in [5, 5.41) is 4.32. The monoisotopic (exact) mass is 226 g/mol. The molecule has 0 aliphatic heterocycles. The Bertz CT molecular complexity index is 512. The summed E-state index contributed by atoms with van der Waals surface area (Å²) < 4.78 is 18.6. The van der Waals surface area contributed by atoms with Gasteiger partial charge in [0.15, 0.2) is 18.6 Å². The summed E-state index contributed by atoms with van der Waals surface area (Å²) in [5.74, 6) is 0.509. The van der Waals surface area contributed by atoms with Crippen LogP contribution < -0.4 is 4.74 Å². The van der Waals surface area contributed by atoms with Gasteiger partial charge in [-0.2, -0.15) is 9.19 Å². The van der Waals surface area contributed by atoms with Gasteiger partial charge in [-0.1, -0.05) is 6.07 Å². The van der Waals surface area contributed by atoms with E-state index in [1.807, 2.05) is 0 Å². The molecule has 1 aromatic heterocycles. The van der Waals surface area contributed by atoms with E-state index < -0.39 is 0 Å². The summed E-state index contributed by atoms with van der Waals surface area (Å²) in [6.45, 7) is 0. The van der Waals surface area contributed by atoms with Crippen LogP contribution in [0.5, 0.6) is 5.75 Å². The first-order valence-corrected chi connectivity index (χ1v) is 4.79. The number of carbonyl (C=O) groups excluding carboxylic acids is 1. The molecule has 4 nitrogen and oxygen atoms in total. The van der Waals surface area contributed by atoms with Crippen molar-refractivity contribution in [3.63, 3.8) is 0 Å². The Balaban J connectivity index is 2.84. The number of carbonyl (C=O) groups is 1. The number of ether oxygens (including phenoxy) is 1. The molecular formula is C9H7FN2O2S. The Labute approximate surface area is 89.4 Å². The minimum Gasteiger partial charge on any atom is -0.496 e. The average molecular weight is 226 g/mol. The molecule has 78 valence electrons. The molecule has 0 atom stereocenters. The first-order chi connectivity index (χ1) is 7.31. The summed E-state index contributed by atoms with van der Waals surface area (Å²) in [6, 6.07) is 5.08. The van der Waals surface area contributed by atoms with E-state index in [0.29, 0.717) is 22.9 Å². The minimum atomic E-state index is -0.0552. The first-order valence-electron chi connectivity index (χ1n) is 4.11. The summed E-state index contributed by atoms with van der Waals surface area (Å²) in [7, 11) is 1.49. The number of nitrogens with zero attached hydrogens (tertiary/aromatic N) is 2. The van der Waals surface area contributed by atoms with E-state index in [1.54, 1.807) is 18.2 Å². The Morgan fingerprint density at radius 1 is 1.60 bits per heavy atom. The fourth-order valence-electron chi connectivity index (χ4n) is 1.44. The Morgan fingerprint density at radius 3 is 3.00 bits per heavy atom. The van der Waals surface area contributed by atoms with Gasteiger partial charge >= 0.3 is 0 Å². The van der Waals surface area contributed by atoms with Gasteiger partial charge in [0.1, 0.15) is 11.4 Å². The maximum absolute atomic E-state index is 12.5. The highest BCUT2D eigenvalue weighted by molar-refractivity contribution is 7.92. The van der Waals surface area contributed by atoms with Crippen molar-refractivity contribution in [3.05, 3.63) is 23.9 Å². The molecule has 0 saturated carbocycles. The number of hydrogen-bond acceptors (Lipinski definition) is 4. The molecule has 15 heavy (non-hydrogen) atoms. The van der Waals surface area contributed by atoms with Gasteiger partial charge in [-0.3, -0.25) is 4.79 Å². The Hall–Kier alpha value is -1.56. The van der Waals surface area contributed by atoms with Gasteiger partial charge in [0, 0.05) is 0 Å². The third-order valence-electron chi connectivity index (χ3n) is 2.06. The normalized spacial score (nSPS) is 10.5. The van der Waals surface area contributed by atoms with Gasteiger partial charge < -0.3 is 4.74 Å². The lowest BCUT2D eigenvalue weighted by molar-refractivity contribution is 0.112. The van der Waals surface area contributed by atoms with Crippen LogP contribution in [0.15, 0.2) is 18.2 Å². The third kappa shape index (κ3) is 1.46. The van der Waals surface area contributed by atoms with E-state index in [0.717, 1.165) is 4.09 Å². The molecule has 0 spiro atoms. The molecular weight excluding hydrogens is 219 g/mol. The molecule has 2 rings (SSSR count). The molecule has 1 heterocycles. The third-order valence-corrected chi connectivity index (χ3v) is 2.47. The second-order valence-corrected chi connectivity index (χ2v) is 3.28. The van der Waals surface area contributed by atoms with Crippen molar-refractivity contribution in [1.82, 2.24) is 9.19 Å². The molecule has 0 aliphatic carbocycles. The predicted molar refractivity (Wildman–Crippen MR) is 55.8 cm³/mol. The molecule has 0 bridgehead atoms. The fourth-order valence-corrected chi connectivity index (χ4v) is 1.79. The van der Waals surface area contributed by atoms with Crippen LogP contribution in [-0.4, -0.2) is 22.6 Å².